The topological polar surface area (TPSA) is 40.1 Å². The van der Waals surface area contributed by atoms with Crippen LogP contribution in [0.2, 0.25) is 0 Å². The predicted octanol–water partition coefficient (Wildman–Crippen LogP) is 1.02. The van der Waals surface area contributed by atoms with Gasteiger partial charge >= 0.3 is 0 Å². The third-order valence-electron chi connectivity index (χ3n) is 4.74. The van der Waals surface area contributed by atoms with E-state index in [4.69, 9.17) is 9.73 Å². The standard InChI is InChI=1S/C16H30N4O/c1-2-17-16(18-11-14-3-4-14)20-8-6-19(7-9-20)12-15-5-10-21-13-15/h14-15H,2-13H2,1H3,(H,17,18). The summed E-state index contributed by atoms with van der Waals surface area (Å²) in [4.78, 5) is 9.86. The zero-order valence-corrected chi connectivity index (χ0v) is 13.4. The van der Waals surface area contributed by atoms with E-state index in [1.807, 2.05) is 0 Å². The smallest absolute Gasteiger partial charge is 0.194 e. The quantitative estimate of drug-likeness (QED) is 0.607. The van der Waals surface area contributed by atoms with Gasteiger partial charge in [0.05, 0.1) is 6.61 Å². The molecule has 2 heterocycles. The summed E-state index contributed by atoms with van der Waals surface area (Å²) in [5.41, 5.74) is 0. The summed E-state index contributed by atoms with van der Waals surface area (Å²) >= 11 is 0. The lowest BCUT2D eigenvalue weighted by Gasteiger charge is -2.37. The second-order valence-corrected chi connectivity index (χ2v) is 6.66. The van der Waals surface area contributed by atoms with Gasteiger partial charge in [-0.2, -0.15) is 0 Å². The molecule has 0 radical (unpaired) electrons. The molecule has 3 rings (SSSR count). The molecule has 2 aliphatic heterocycles. The molecule has 5 heteroatoms. The number of nitrogens with zero attached hydrogens (tertiary/aromatic N) is 3. The van der Waals surface area contributed by atoms with Crippen LogP contribution < -0.4 is 5.32 Å². The van der Waals surface area contributed by atoms with Crippen LogP contribution in [0.1, 0.15) is 26.2 Å². The van der Waals surface area contributed by atoms with Gasteiger partial charge in [-0.15, -0.1) is 0 Å². The lowest BCUT2D eigenvalue weighted by molar-refractivity contribution is 0.139. The summed E-state index contributed by atoms with van der Waals surface area (Å²) < 4.78 is 5.48. The monoisotopic (exact) mass is 294 g/mol. The van der Waals surface area contributed by atoms with Crippen molar-refractivity contribution in [2.24, 2.45) is 16.8 Å². The number of rotatable bonds is 5. The molecule has 1 aliphatic carbocycles. The molecule has 0 spiro atoms. The molecule has 5 nitrogen and oxygen atoms in total. The SMILES string of the molecule is CCNC(=NCC1CC1)N1CCN(CC2CCOC2)CC1. The van der Waals surface area contributed by atoms with Crippen molar-refractivity contribution >= 4 is 5.96 Å². The second-order valence-electron chi connectivity index (χ2n) is 6.66. The van der Waals surface area contributed by atoms with Crippen molar-refractivity contribution in [3.63, 3.8) is 0 Å². The maximum Gasteiger partial charge on any atom is 0.194 e. The minimum absolute atomic E-state index is 0.758. The first-order valence-electron chi connectivity index (χ1n) is 8.68. The fraction of sp³-hybridized carbons (Fsp3) is 0.938. The van der Waals surface area contributed by atoms with Crippen LogP contribution in [0.4, 0.5) is 0 Å². The third kappa shape index (κ3) is 4.58. The van der Waals surface area contributed by atoms with Gasteiger partial charge in [-0.3, -0.25) is 9.89 Å². The average molecular weight is 294 g/mol. The maximum atomic E-state index is 5.48. The molecule has 0 aromatic carbocycles. The van der Waals surface area contributed by atoms with Crippen molar-refractivity contribution in [3.8, 4) is 0 Å². The average Bonchev–Trinajstić information content (AvgIpc) is 3.20. The first kappa shape index (κ1) is 15.1. The summed E-state index contributed by atoms with van der Waals surface area (Å²) in [6, 6.07) is 0. The van der Waals surface area contributed by atoms with E-state index in [1.54, 1.807) is 0 Å². The van der Waals surface area contributed by atoms with E-state index in [2.05, 4.69) is 22.0 Å². The zero-order valence-electron chi connectivity index (χ0n) is 13.4. The van der Waals surface area contributed by atoms with Gasteiger partial charge in [-0.1, -0.05) is 0 Å². The summed E-state index contributed by atoms with van der Waals surface area (Å²) in [6.07, 6.45) is 3.99. The molecular formula is C16H30N4O. The van der Waals surface area contributed by atoms with Crippen molar-refractivity contribution in [2.75, 3.05) is 59.0 Å². The molecule has 3 aliphatic rings. The molecule has 1 saturated carbocycles. The highest BCUT2D eigenvalue weighted by molar-refractivity contribution is 5.80. The Morgan fingerprint density at radius 3 is 2.57 bits per heavy atom. The largest absolute Gasteiger partial charge is 0.381 e. The molecule has 120 valence electrons. The van der Waals surface area contributed by atoms with Crippen molar-refractivity contribution in [2.45, 2.75) is 26.2 Å². The number of nitrogens with one attached hydrogen (secondary N) is 1. The van der Waals surface area contributed by atoms with Gasteiger partial charge in [0.15, 0.2) is 5.96 Å². The van der Waals surface area contributed by atoms with Crippen LogP contribution in [-0.2, 0) is 4.74 Å². The molecule has 0 bridgehead atoms. The fourth-order valence-corrected chi connectivity index (χ4v) is 3.18. The summed E-state index contributed by atoms with van der Waals surface area (Å²) in [6.45, 7) is 11.8. The molecular weight excluding hydrogens is 264 g/mol. The summed E-state index contributed by atoms with van der Waals surface area (Å²) in [5, 5.41) is 3.46. The van der Waals surface area contributed by atoms with Gasteiger partial charge in [-0.05, 0) is 38.0 Å². The Balaban J connectivity index is 1.44. The Bertz CT molecular complexity index is 342. The zero-order chi connectivity index (χ0) is 14.5. The Labute approximate surface area is 128 Å². The van der Waals surface area contributed by atoms with Gasteiger partial charge in [0, 0.05) is 52.4 Å². The molecule has 2 saturated heterocycles. The van der Waals surface area contributed by atoms with Crippen LogP contribution in [0.15, 0.2) is 4.99 Å². The van der Waals surface area contributed by atoms with Crippen LogP contribution >= 0.6 is 0 Å². The molecule has 0 aromatic rings. The van der Waals surface area contributed by atoms with Gasteiger partial charge in [0.2, 0.25) is 0 Å². The van der Waals surface area contributed by atoms with E-state index in [0.29, 0.717) is 0 Å². The van der Waals surface area contributed by atoms with E-state index in [0.717, 1.165) is 70.3 Å². The number of piperazine rings is 1. The van der Waals surface area contributed by atoms with Gasteiger partial charge in [0.25, 0.3) is 0 Å². The maximum absolute atomic E-state index is 5.48. The summed E-state index contributed by atoms with van der Waals surface area (Å²) in [5.74, 6) is 2.75. The molecule has 1 atom stereocenters. The van der Waals surface area contributed by atoms with Crippen LogP contribution in [0.5, 0.6) is 0 Å². The molecule has 0 aromatic heterocycles. The minimum Gasteiger partial charge on any atom is -0.381 e. The van der Waals surface area contributed by atoms with Crippen molar-refractivity contribution in [1.82, 2.24) is 15.1 Å². The van der Waals surface area contributed by atoms with E-state index < -0.39 is 0 Å². The second kappa shape index (κ2) is 7.45. The normalized spacial score (nSPS) is 28.1. The van der Waals surface area contributed by atoms with E-state index in [-0.39, 0.29) is 0 Å². The van der Waals surface area contributed by atoms with Crippen molar-refractivity contribution < 1.29 is 4.74 Å². The highest BCUT2D eigenvalue weighted by Crippen LogP contribution is 2.28. The van der Waals surface area contributed by atoms with Crippen molar-refractivity contribution in [1.29, 1.82) is 0 Å². The first-order chi connectivity index (χ1) is 10.3. The van der Waals surface area contributed by atoms with E-state index >= 15 is 0 Å². The Kier molecular flexibility index (Phi) is 5.36. The lowest BCUT2D eigenvalue weighted by atomic mass is 10.1. The predicted molar refractivity (Wildman–Crippen MR) is 85.6 cm³/mol. The van der Waals surface area contributed by atoms with Crippen LogP contribution in [0.3, 0.4) is 0 Å². The number of aliphatic imine (C=N–C) groups is 1. The number of hydrogen-bond donors (Lipinski definition) is 1. The number of ether oxygens (including phenoxy) is 1. The highest BCUT2D eigenvalue weighted by Gasteiger charge is 2.25. The minimum atomic E-state index is 0.758. The Hall–Kier alpha value is -0.810. The van der Waals surface area contributed by atoms with Gasteiger partial charge in [-0.25, -0.2) is 0 Å². The van der Waals surface area contributed by atoms with Crippen molar-refractivity contribution in [3.05, 3.63) is 0 Å². The molecule has 0 amide bonds. The van der Waals surface area contributed by atoms with Gasteiger partial charge in [0.1, 0.15) is 0 Å². The van der Waals surface area contributed by atoms with E-state index in [9.17, 15) is 0 Å². The number of hydrogen-bond acceptors (Lipinski definition) is 3. The third-order valence-corrected chi connectivity index (χ3v) is 4.74. The number of guanidine groups is 1. The van der Waals surface area contributed by atoms with E-state index in [1.165, 1.54) is 25.8 Å². The molecule has 3 fully saturated rings. The Morgan fingerprint density at radius 2 is 1.95 bits per heavy atom. The van der Waals surface area contributed by atoms with Crippen LogP contribution in [0, 0.1) is 11.8 Å². The fourth-order valence-electron chi connectivity index (χ4n) is 3.18. The van der Waals surface area contributed by atoms with Crippen LogP contribution in [0.25, 0.3) is 0 Å². The first-order valence-corrected chi connectivity index (χ1v) is 8.68. The molecule has 1 unspecified atom stereocenters. The lowest BCUT2D eigenvalue weighted by Crippen LogP contribution is -2.53. The highest BCUT2D eigenvalue weighted by atomic mass is 16.5. The summed E-state index contributed by atoms with van der Waals surface area (Å²) in [7, 11) is 0. The van der Waals surface area contributed by atoms with Gasteiger partial charge < -0.3 is 15.0 Å². The van der Waals surface area contributed by atoms with Crippen LogP contribution in [-0.4, -0.2) is 74.8 Å². The Morgan fingerprint density at radius 1 is 1.14 bits per heavy atom. The molecule has 1 N–H and O–H groups in total. The molecule has 21 heavy (non-hydrogen) atoms.